The van der Waals surface area contributed by atoms with Crippen LogP contribution >= 0.6 is 0 Å². The second kappa shape index (κ2) is 6.17. The van der Waals surface area contributed by atoms with Crippen molar-refractivity contribution in [1.29, 1.82) is 0 Å². The molecule has 2 heterocycles. The number of fused-ring (bicyclic) bond motifs is 3. The van der Waals surface area contributed by atoms with E-state index in [9.17, 15) is 18.0 Å². The van der Waals surface area contributed by atoms with Crippen LogP contribution in [0, 0.1) is 17.5 Å². The number of H-pyrrole nitrogens is 1. The van der Waals surface area contributed by atoms with E-state index in [2.05, 4.69) is 10.3 Å². The standard InChI is InChI=1S/C19H15F3N2O2/c1-26-19(25)14-8-11-9-4-2-3-5-13(9)23-18(11)17(24-14)10-6-7-12(20)16(22)15(10)21/h2-7,14,17,23-24H,8H2,1H3/t14-,17+/m0/s1. The molecule has 2 N–H and O–H groups in total. The molecule has 0 radical (unpaired) electrons. The lowest BCUT2D eigenvalue weighted by atomic mass is 9.90. The van der Waals surface area contributed by atoms with E-state index in [0.29, 0.717) is 12.1 Å². The van der Waals surface area contributed by atoms with Crippen molar-refractivity contribution in [3.63, 3.8) is 0 Å². The molecule has 0 aliphatic carbocycles. The molecule has 0 saturated heterocycles. The largest absolute Gasteiger partial charge is 0.468 e. The van der Waals surface area contributed by atoms with Crippen molar-refractivity contribution in [2.45, 2.75) is 18.5 Å². The summed E-state index contributed by atoms with van der Waals surface area (Å²) in [6.45, 7) is 0. The third kappa shape index (κ3) is 2.47. The predicted molar refractivity (Wildman–Crippen MR) is 89.1 cm³/mol. The molecule has 26 heavy (non-hydrogen) atoms. The fourth-order valence-electron chi connectivity index (χ4n) is 3.54. The summed E-state index contributed by atoms with van der Waals surface area (Å²) in [5.74, 6) is -4.59. The molecule has 1 aliphatic rings. The van der Waals surface area contributed by atoms with Gasteiger partial charge in [-0.25, -0.2) is 13.2 Å². The Morgan fingerprint density at radius 3 is 2.65 bits per heavy atom. The quantitative estimate of drug-likeness (QED) is 0.544. The van der Waals surface area contributed by atoms with Crippen LogP contribution in [0.5, 0.6) is 0 Å². The fourth-order valence-corrected chi connectivity index (χ4v) is 3.54. The topological polar surface area (TPSA) is 54.1 Å². The zero-order chi connectivity index (χ0) is 18.4. The van der Waals surface area contributed by atoms with Gasteiger partial charge in [0.1, 0.15) is 6.04 Å². The highest BCUT2D eigenvalue weighted by molar-refractivity contribution is 5.87. The zero-order valence-electron chi connectivity index (χ0n) is 13.8. The van der Waals surface area contributed by atoms with Gasteiger partial charge in [0, 0.05) is 28.6 Å². The van der Waals surface area contributed by atoms with Crippen LogP contribution in [0.15, 0.2) is 36.4 Å². The van der Waals surface area contributed by atoms with Crippen molar-refractivity contribution in [1.82, 2.24) is 10.3 Å². The lowest BCUT2D eigenvalue weighted by Gasteiger charge is -2.30. The Labute approximate surface area is 147 Å². The van der Waals surface area contributed by atoms with Crippen molar-refractivity contribution in [3.05, 3.63) is 70.7 Å². The van der Waals surface area contributed by atoms with Crippen LogP contribution < -0.4 is 5.32 Å². The van der Waals surface area contributed by atoms with E-state index in [1.165, 1.54) is 13.2 Å². The van der Waals surface area contributed by atoms with Crippen molar-refractivity contribution >= 4 is 16.9 Å². The first-order valence-corrected chi connectivity index (χ1v) is 8.08. The highest BCUT2D eigenvalue weighted by Crippen LogP contribution is 2.36. The average molecular weight is 360 g/mol. The molecule has 1 aliphatic heterocycles. The number of halogens is 3. The zero-order valence-corrected chi connectivity index (χ0v) is 13.8. The van der Waals surface area contributed by atoms with Gasteiger partial charge < -0.3 is 9.72 Å². The Morgan fingerprint density at radius 2 is 1.88 bits per heavy atom. The molecule has 7 heteroatoms. The molecule has 2 aromatic carbocycles. The number of hydrogen-bond donors (Lipinski definition) is 2. The molecule has 4 nitrogen and oxygen atoms in total. The molecule has 134 valence electrons. The third-order valence-corrected chi connectivity index (χ3v) is 4.77. The third-order valence-electron chi connectivity index (χ3n) is 4.77. The van der Waals surface area contributed by atoms with Crippen LogP contribution in [-0.4, -0.2) is 24.1 Å². The Kier molecular flexibility index (Phi) is 3.96. The summed E-state index contributed by atoms with van der Waals surface area (Å²) < 4.78 is 46.3. The van der Waals surface area contributed by atoms with E-state index >= 15 is 0 Å². The van der Waals surface area contributed by atoms with Gasteiger partial charge in [0.25, 0.3) is 0 Å². The number of aromatic nitrogens is 1. The van der Waals surface area contributed by atoms with E-state index in [1.54, 1.807) is 0 Å². The lowest BCUT2D eigenvalue weighted by molar-refractivity contribution is -0.143. The summed E-state index contributed by atoms with van der Waals surface area (Å²) in [6, 6.07) is 7.94. The molecule has 0 bridgehead atoms. The van der Waals surface area contributed by atoms with E-state index < -0.39 is 35.5 Å². The molecule has 0 amide bonds. The lowest BCUT2D eigenvalue weighted by Crippen LogP contribution is -2.45. The summed E-state index contributed by atoms with van der Waals surface area (Å²) in [7, 11) is 1.27. The second-order valence-electron chi connectivity index (χ2n) is 6.21. The van der Waals surface area contributed by atoms with Crippen LogP contribution in [0.2, 0.25) is 0 Å². The number of hydrogen-bond acceptors (Lipinski definition) is 3. The van der Waals surface area contributed by atoms with E-state index in [1.807, 2.05) is 24.3 Å². The maximum absolute atomic E-state index is 14.4. The molecule has 1 aromatic heterocycles. The molecule has 3 aromatic rings. The number of rotatable bonds is 2. The van der Waals surface area contributed by atoms with Gasteiger partial charge in [-0.15, -0.1) is 0 Å². The first kappa shape index (κ1) is 16.7. The number of carbonyl (C=O) groups is 1. The average Bonchev–Trinajstić information content (AvgIpc) is 3.04. The molecule has 2 atom stereocenters. The second-order valence-corrected chi connectivity index (χ2v) is 6.21. The number of carbonyl (C=O) groups excluding carboxylic acids is 1. The van der Waals surface area contributed by atoms with Crippen LogP contribution in [0.4, 0.5) is 13.2 Å². The minimum atomic E-state index is -1.54. The monoisotopic (exact) mass is 360 g/mol. The number of methoxy groups -OCH3 is 1. The van der Waals surface area contributed by atoms with E-state index in [-0.39, 0.29) is 5.56 Å². The highest BCUT2D eigenvalue weighted by atomic mass is 19.2. The van der Waals surface area contributed by atoms with Crippen LogP contribution in [0.1, 0.15) is 22.9 Å². The van der Waals surface area contributed by atoms with Crippen LogP contribution in [0.25, 0.3) is 10.9 Å². The molecule has 0 unspecified atom stereocenters. The number of ether oxygens (including phenoxy) is 1. The SMILES string of the molecule is COC(=O)[C@@H]1Cc2c([nH]c3ccccc23)[C@@H](c2ccc(F)c(F)c2F)N1. The molecular formula is C19H15F3N2O2. The van der Waals surface area contributed by atoms with Gasteiger partial charge in [0.05, 0.1) is 13.2 Å². The summed E-state index contributed by atoms with van der Waals surface area (Å²) in [5.41, 5.74) is 2.18. The molecule has 0 saturated carbocycles. The van der Waals surface area contributed by atoms with Gasteiger partial charge in [0.15, 0.2) is 17.5 Å². The number of para-hydroxylation sites is 1. The van der Waals surface area contributed by atoms with Gasteiger partial charge in [-0.1, -0.05) is 24.3 Å². The van der Waals surface area contributed by atoms with Crippen molar-refractivity contribution in [2.24, 2.45) is 0 Å². The molecule has 4 rings (SSSR count). The Hall–Kier alpha value is -2.80. The maximum atomic E-state index is 14.4. The first-order chi connectivity index (χ1) is 12.5. The summed E-state index contributed by atoms with van der Waals surface area (Å²) in [5, 5.41) is 3.88. The first-order valence-electron chi connectivity index (χ1n) is 8.08. The van der Waals surface area contributed by atoms with Crippen molar-refractivity contribution < 1.29 is 22.7 Å². The molecule has 0 spiro atoms. The van der Waals surface area contributed by atoms with Gasteiger partial charge in [-0.05, 0) is 17.7 Å². The summed E-state index contributed by atoms with van der Waals surface area (Å²) in [4.78, 5) is 15.3. The minimum Gasteiger partial charge on any atom is -0.468 e. The van der Waals surface area contributed by atoms with Gasteiger partial charge in [-0.3, -0.25) is 10.1 Å². The Morgan fingerprint density at radius 1 is 1.12 bits per heavy atom. The smallest absolute Gasteiger partial charge is 0.323 e. The molecular weight excluding hydrogens is 345 g/mol. The highest BCUT2D eigenvalue weighted by Gasteiger charge is 2.36. The van der Waals surface area contributed by atoms with Crippen LogP contribution in [-0.2, 0) is 16.0 Å². The number of benzene rings is 2. The van der Waals surface area contributed by atoms with Crippen molar-refractivity contribution in [3.8, 4) is 0 Å². The summed E-state index contributed by atoms with van der Waals surface area (Å²) in [6.07, 6.45) is 0.341. The van der Waals surface area contributed by atoms with Crippen LogP contribution in [0.3, 0.4) is 0 Å². The van der Waals surface area contributed by atoms with E-state index in [4.69, 9.17) is 4.74 Å². The maximum Gasteiger partial charge on any atom is 0.323 e. The Balaban J connectivity index is 1.92. The van der Waals surface area contributed by atoms with Gasteiger partial charge in [-0.2, -0.15) is 0 Å². The fraction of sp³-hybridized carbons (Fsp3) is 0.211. The van der Waals surface area contributed by atoms with Gasteiger partial charge >= 0.3 is 5.97 Å². The van der Waals surface area contributed by atoms with Gasteiger partial charge in [0.2, 0.25) is 0 Å². The van der Waals surface area contributed by atoms with Crippen molar-refractivity contribution in [2.75, 3.05) is 7.11 Å². The summed E-state index contributed by atoms with van der Waals surface area (Å²) >= 11 is 0. The molecule has 0 fully saturated rings. The number of esters is 1. The Bertz CT molecular complexity index is 1020. The predicted octanol–water partition coefficient (Wildman–Crippen LogP) is 3.36. The number of nitrogens with one attached hydrogen (secondary N) is 2. The number of aromatic amines is 1. The minimum absolute atomic E-state index is 0.0784. The normalized spacial score (nSPS) is 19.4. The van der Waals surface area contributed by atoms with E-state index in [0.717, 1.165) is 22.5 Å².